The largest absolute Gasteiger partial charge is 0.542 e. The quantitative estimate of drug-likeness (QED) is 0.0681. The fourth-order valence-corrected chi connectivity index (χ4v) is 11.9. The summed E-state index contributed by atoms with van der Waals surface area (Å²) in [6.45, 7) is 18.7. The first-order valence-corrected chi connectivity index (χ1v) is 19.4. The molecule has 0 saturated heterocycles. The van der Waals surface area contributed by atoms with Crippen LogP contribution in [-0.2, 0) is 22.4 Å². The van der Waals surface area contributed by atoms with Gasteiger partial charge in [0.05, 0.1) is 16.6 Å². The van der Waals surface area contributed by atoms with Crippen LogP contribution in [-0.4, -0.2) is 43.4 Å². The van der Waals surface area contributed by atoms with Gasteiger partial charge in [-0.25, -0.2) is 4.79 Å². The highest BCUT2D eigenvalue weighted by Crippen LogP contribution is 2.44. The first kappa shape index (κ1) is 39.5. The molecule has 3 aromatic rings. The van der Waals surface area contributed by atoms with E-state index in [4.69, 9.17) is 25.5 Å². The second kappa shape index (κ2) is 17.2. The lowest BCUT2D eigenvalue weighted by atomic mass is 10.0. The van der Waals surface area contributed by atoms with Gasteiger partial charge in [0.25, 0.3) is 14.2 Å². The summed E-state index contributed by atoms with van der Waals surface area (Å²) >= 11 is 6.71. The molecule has 11 heteroatoms. The topological polar surface area (TPSA) is 117 Å². The predicted molar refractivity (Wildman–Crippen MR) is 197 cm³/mol. The van der Waals surface area contributed by atoms with Gasteiger partial charge in [-0.05, 0) is 79.6 Å². The van der Waals surface area contributed by atoms with Gasteiger partial charge >= 0.3 is 11.7 Å². The van der Waals surface area contributed by atoms with E-state index in [1.807, 2.05) is 48.5 Å². The van der Waals surface area contributed by atoms with Crippen LogP contribution in [0.5, 0.6) is 11.5 Å². The molecule has 3 rings (SSSR count). The Labute approximate surface area is 297 Å². The number of nitro benzene ring substituents is 1. The van der Waals surface area contributed by atoms with Gasteiger partial charge in [0.2, 0.25) is 0 Å². The van der Waals surface area contributed by atoms with Crippen LogP contribution >= 0.6 is 11.6 Å². The van der Waals surface area contributed by atoms with E-state index in [2.05, 4.69) is 46.9 Å². The number of nitro groups is 1. The maximum absolute atomic E-state index is 13.4. The molecular weight excluding hydrogens is 660 g/mol. The molecule has 0 aromatic heterocycles. The van der Waals surface area contributed by atoms with E-state index in [1.54, 1.807) is 20.8 Å². The van der Waals surface area contributed by atoms with Crippen molar-refractivity contribution in [2.45, 2.75) is 110 Å². The number of benzene rings is 3. The van der Waals surface area contributed by atoms with Crippen LogP contribution in [0.25, 0.3) is 0 Å². The smallest absolute Gasteiger partial charge is 0.329 e. The van der Waals surface area contributed by atoms with Gasteiger partial charge in [-0.3, -0.25) is 14.9 Å². The molecule has 9 nitrogen and oxygen atoms in total. The lowest BCUT2D eigenvalue weighted by molar-refractivity contribution is -0.385. The molecule has 1 amide bonds. The molecule has 1 atom stereocenters. The van der Waals surface area contributed by atoms with Crippen molar-refractivity contribution < 1.29 is 28.4 Å². The number of nitrogens with zero attached hydrogens (tertiary/aromatic N) is 1. The molecule has 266 valence electrons. The average molecular weight is 711 g/mol. The SMILES string of the molecule is CC(C)[Si](Oc1ccc(CCOc2cc(C(=O)N[C@@H](CCc3ccccc3)C(=O)OC(C)(C)C)ccc2[N+](=O)[O-])cc1Cl)(C(C)C)C(C)C. The third-order valence-corrected chi connectivity index (χ3v) is 14.9. The number of esters is 1. The Kier molecular flexibility index (Phi) is 13.8. The number of amides is 1. The molecule has 0 aliphatic heterocycles. The van der Waals surface area contributed by atoms with Crippen molar-refractivity contribution >= 4 is 37.5 Å². The number of rotatable bonds is 16. The molecule has 0 saturated carbocycles. The number of aryl methyl sites for hydroxylation is 1. The first-order valence-electron chi connectivity index (χ1n) is 16.9. The Morgan fingerprint density at radius 1 is 0.857 bits per heavy atom. The van der Waals surface area contributed by atoms with Crippen LogP contribution in [0.1, 0.15) is 90.2 Å². The number of hydrogen-bond acceptors (Lipinski definition) is 7. The van der Waals surface area contributed by atoms with E-state index < -0.39 is 36.8 Å². The Hall–Kier alpha value is -3.89. The monoisotopic (exact) mass is 710 g/mol. The minimum Gasteiger partial charge on any atom is -0.542 e. The van der Waals surface area contributed by atoms with E-state index in [0.29, 0.717) is 46.7 Å². The van der Waals surface area contributed by atoms with Crippen LogP contribution in [0, 0.1) is 10.1 Å². The molecule has 0 unspecified atom stereocenters. The zero-order valence-electron chi connectivity index (χ0n) is 30.2. The van der Waals surface area contributed by atoms with E-state index in [1.165, 1.54) is 18.2 Å². The molecule has 0 spiro atoms. The molecular formula is C38H51ClN2O7Si. The van der Waals surface area contributed by atoms with Crippen molar-refractivity contribution in [2.24, 2.45) is 0 Å². The maximum atomic E-state index is 13.4. The number of nitrogens with one attached hydrogen (secondary N) is 1. The molecule has 0 aliphatic carbocycles. The van der Waals surface area contributed by atoms with Gasteiger partial charge in [-0.2, -0.15) is 0 Å². The Balaban J connectivity index is 1.75. The lowest BCUT2D eigenvalue weighted by Crippen LogP contribution is -2.50. The van der Waals surface area contributed by atoms with Gasteiger partial charge in [0, 0.05) is 24.1 Å². The molecule has 0 fully saturated rings. The Morgan fingerprint density at radius 3 is 2.04 bits per heavy atom. The number of carbonyl (C=O) groups excluding carboxylic acids is 2. The van der Waals surface area contributed by atoms with Crippen molar-refractivity contribution in [2.75, 3.05) is 6.61 Å². The van der Waals surface area contributed by atoms with Crippen molar-refractivity contribution in [1.82, 2.24) is 5.32 Å². The van der Waals surface area contributed by atoms with Gasteiger partial charge in [0.1, 0.15) is 17.4 Å². The van der Waals surface area contributed by atoms with Crippen molar-refractivity contribution in [3.05, 3.63) is 98.6 Å². The minimum absolute atomic E-state index is 0.0524. The Bertz CT molecular complexity index is 1570. The number of halogens is 1. The summed E-state index contributed by atoms with van der Waals surface area (Å²) in [4.78, 5) is 37.7. The van der Waals surface area contributed by atoms with Crippen LogP contribution in [0.2, 0.25) is 21.6 Å². The second-order valence-corrected chi connectivity index (χ2v) is 20.1. The summed E-state index contributed by atoms with van der Waals surface area (Å²) in [6.07, 6.45) is 1.25. The number of hydrogen-bond donors (Lipinski definition) is 1. The fraction of sp³-hybridized carbons (Fsp3) is 0.474. The highest BCUT2D eigenvalue weighted by Gasteiger charge is 2.47. The van der Waals surface area contributed by atoms with Crippen molar-refractivity contribution in [3.63, 3.8) is 0 Å². The summed E-state index contributed by atoms with van der Waals surface area (Å²) in [5.74, 6) is -0.522. The minimum atomic E-state index is -2.20. The zero-order valence-corrected chi connectivity index (χ0v) is 31.9. The normalized spacial score (nSPS) is 12.6. The van der Waals surface area contributed by atoms with Gasteiger partial charge in [-0.1, -0.05) is 89.5 Å². The summed E-state index contributed by atoms with van der Waals surface area (Å²) in [5, 5.41) is 15.1. The third-order valence-electron chi connectivity index (χ3n) is 8.62. The number of carbonyl (C=O) groups is 2. The van der Waals surface area contributed by atoms with Gasteiger partial charge in [0.15, 0.2) is 5.75 Å². The molecule has 0 radical (unpaired) electrons. The van der Waals surface area contributed by atoms with Crippen molar-refractivity contribution in [1.29, 1.82) is 0 Å². The molecule has 0 aliphatic rings. The maximum Gasteiger partial charge on any atom is 0.329 e. The van der Waals surface area contributed by atoms with Crippen molar-refractivity contribution in [3.8, 4) is 11.5 Å². The summed E-state index contributed by atoms with van der Waals surface area (Å²) < 4.78 is 18.2. The summed E-state index contributed by atoms with van der Waals surface area (Å²) in [6, 6.07) is 18.2. The zero-order chi connectivity index (χ0) is 36.5. The third kappa shape index (κ3) is 10.8. The Morgan fingerprint density at radius 2 is 1.49 bits per heavy atom. The standard InChI is InChI=1S/C38H51ClN2O7Si/c1-25(2)49(26(3)4,27(5)6)48-34-20-16-29(23-31(34)39)21-22-46-35-24-30(17-19-33(35)41(44)45)36(42)40-32(37(43)47-38(7,8)9)18-15-28-13-11-10-12-14-28/h10-14,16-17,19-20,23-27,32H,15,18,21-22H2,1-9H3,(H,40,42)/t32-/m0/s1. The van der Waals surface area contributed by atoms with Crippen LogP contribution < -0.4 is 14.5 Å². The van der Waals surface area contributed by atoms with E-state index in [0.717, 1.165) is 11.1 Å². The molecule has 3 aromatic carbocycles. The van der Waals surface area contributed by atoms with E-state index in [9.17, 15) is 19.7 Å². The van der Waals surface area contributed by atoms with Crippen LogP contribution in [0.15, 0.2) is 66.7 Å². The fourth-order valence-electron chi connectivity index (χ4n) is 6.35. The second-order valence-electron chi connectivity index (χ2n) is 14.3. The van der Waals surface area contributed by atoms with Crippen LogP contribution in [0.3, 0.4) is 0 Å². The van der Waals surface area contributed by atoms with Gasteiger partial charge in [-0.15, -0.1) is 0 Å². The molecule has 0 heterocycles. The predicted octanol–water partition coefficient (Wildman–Crippen LogP) is 9.50. The molecule has 0 bridgehead atoms. The first-order chi connectivity index (χ1) is 22.9. The average Bonchev–Trinajstić information content (AvgIpc) is 3.01. The van der Waals surface area contributed by atoms with E-state index in [-0.39, 0.29) is 23.6 Å². The highest BCUT2D eigenvalue weighted by atomic mass is 35.5. The highest BCUT2D eigenvalue weighted by molar-refractivity contribution is 6.78. The molecule has 49 heavy (non-hydrogen) atoms. The van der Waals surface area contributed by atoms with E-state index >= 15 is 0 Å². The summed E-state index contributed by atoms with van der Waals surface area (Å²) in [7, 11) is -2.20. The van der Waals surface area contributed by atoms with Gasteiger partial charge < -0.3 is 19.2 Å². The summed E-state index contributed by atoms with van der Waals surface area (Å²) in [5.41, 5.74) is 2.15. The van der Waals surface area contributed by atoms with Crippen LogP contribution in [0.4, 0.5) is 5.69 Å². The number of ether oxygens (including phenoxy) is 2. The lowest BCUT2D eigenvalue weighted by Gasteiger charge is -2.42. The molecule has 1 N–H and O–H groups in total.